The average molecular weight is 349 g/mol. The number of aryl methyl sites for hydroxylation is 1. The van der Waals surface area contributed by atoms with E-state index in [1.165, 1.54) is 6.07 Å². The van der Waals surface area contributed by atoms with Gasteiger partial charge in [-0.2, -0.15) is 5.10 Å². The normalized spacial score (nSPS) is 16.8. The predicted octanol–water partition coefficient (Wildman–Crippen LogP) is 2.45. The summed E-state index contributed by atoms with van der Waals surface area (Å²) in [6.45, 7) is 2.39. The quantitative estimate of drug-likeness (QED) is 0.759. The lowest BCUT2D eigenvalue weighted by Crippen LogP contribution is -2.32. The highest BCUT2D eigenvalue weighted by Crippen LogP contribution is 2.32. The Balaban J connectivity index is 1.62. The number of hydrogen-bond acceptors (Lipinski definition) is 4. The highest BCUT2D eigenvalue weighted by molar-refractivity contribution is 5.95. The van der Waals surface area contributed by atoms with Crippen molar-refractivity contribution in [2.75, 3.05) is 6.54 Å². The van der Waals surface area contributed by atoms with Gasteiger partial charge in [0.2, 0.25) is 5.56 Å². The van der Waals surface area contributed by atoms with E-state index in [2.05, 4.69) is 20.2 Å². The monoisotopic (exact) mass is 349 g/mol. The van der Waals surface area contributed by atoms with E-state index in [4.69, 9.17) is 0 Å². The van der Waals surface area contributed by atoms with Crippen molar-refractivity contribution in [3.05, 3.63) is 69.9 Å². The predicted molar refractivity (Wildman–Crippen MR) is 96.6 cm³/mol. The molecule has 1 aromatic carbocycles. The van der Waals surface area contributed by atoms with Crippen LogP contribution >= 0.6 is 0 Å². The molecule has 2 aromatic heterocycles. The molecule has 1 fully saturated rings. The molecule has 7 nitrogen and oxygen atoms in total. The molecule has 0 bridgehead atoms. The van der Waals surface area contributed by atoms with Crippen LogP contribution in [-0.2, 0) is 0 Å². The first kappa shape index (κ1) is 16.3. The lowest BCUT2D eigenvalue weighted by atomic mass is 10.1. The SMILES string of the molecule is Cc1[nH]c(=O)ccc1C(=O)N1CCC[C@@H]1c1nc(-c2ccccc2)n[nH]1. The number of aromatic amines is 2. The van der Waals surface area contributed by atoms with Crippen molar-refractivity contribution in [1.29, 1.82) is 0 Å². The fourth-order valence-corrected chi connectivity index (χ4v) is 3.40. The highest BCUT2D eigenvalue weighted by atomic mass is 16.2. The van der Waals surface area contributed by atoms with E-state index < -0.39 is 0 Å². The average Bonchev–Trinajstić information content (AvgIpc) is 3.31. The maximum Gasteiger partial charge on any atom is 0.256 e. The first-order valence-electron chi connectivity index (χ1n) is 8.62. The van der Waals surface area contributed by atoms with Crippen molar-refractivity contribution in [2.24, 2.45) is 0 Å². The second-order valence-corrected chi connectivity index (χ2v) is 6.43. The Hall–Kier alpha value is -3.22. The summed E-state index contributed by atoms with van der Waals surface area (Å²) in [6.07, 6.45) is 1.73. The summed E-state index contributed by atoms with van der Waals surface area (Å²) in [6, 6.07) is 12.6. The molecule has 0 unspecified atom stereocenters. The molecule has 0 aliphatic carbocycles. The maximum absolute atomic E-state index is 13.0. The third-order valence-electron chi connectivity index (χ3n) is 4.71. The molecule has 1 saturated heterocycles. The molecule has 4 rings (SSSR count). The Bertz CT molecular complexity index is 992. The van der Waals surface area contributed by atoms with Gasteiger partial charge in [0.25, 0.3) is 5.91 Å². The van der Waals surface area contributed by atoms with Crippen LogP contribution in [0.25, 0.3) is 11.4 Å². The van der Waals surface area contributed by atoms with Gasteiger partial charge in [-0.15, -0.1) is 0 Å². The molecule has 26 heavy (non-hydrogen) atoms. The van der Waals surface area contributed by atoms with Crippen molar-refractivity contribution in [2.45, 2.75) is 25.8 Å². The van der Waals surface area contributed by atoms with E-state index in [0.717, 1.165) is 18.4 Å². The number of nitrogens with one attached hydrogen (secondary N) is 2. The Labute approximate surface area is 150 Å². The number of hydrogen-bond donors (Lipinski definition) is 2. The smallest absolute Gasteiger partial charge is 0.256 e. The summed E-state index contributed by atoms with van der Waals surface area (Å²) in [7, 11) is 0. The maximum atomic E-state index is 13.0. The Kier molecular flexibility index (Phi) is 4.12. The van der Waals surface area contributed by atoms with E-state index in [0.29, 0.717) is 29.5 Å². The van der Waals surface area contributed by atoms with Gasteiger partial charge in [0.05, 0.1) is 11.6 Å². The number of carbonyl (C=O) groups is 1. The zero-order valence-electron chi connectivity index (χ0n) is 14.4. The van der Waals surface area contributed by atoms with Crippen LogP contribution in [0.3, 0.4) is 0 Å². The third-order valence-corrected chi connectivity index (χ3v) is 4.71. The van der Waals surface area contributed by atoms with Gasteiger partial charge in [0.1, 0.15) is 5.82 Å². The van der Waals surface area contributed by atoms with Gasteiger partial charge in [0, 0.05) is 23.9 Å². The molecule has 2 N–H and O–H groups in total. The summed E-state index contributed by atoms with van der Waals surface area (Å²) in [5, 5.41) is 7.30. The number of aromatic nitrogens is 4. The van der Waals surface area contributed by atoms with Crippen molar-refractivity contribution < 1.29 is 4.79 Å². The molecule has 1 atom stereocenters. The molecular weight excluding hydrogens is 330 g/mol. The van der Waals surface area contributed by atoms with E-state index in [-0.39, 0.29) is 17.5 Å². The van der Waals surface area contributed by atoms with Crippen LogP contribution in [-0.4, -0.2) is 37.5 Å². The molecular formula is C19H19N5O2. The number of amides is 1. The van der Waals surface area contributed by atoms with E-state index >= 15 is 0 Å². The summed E-state index contributed by atoms with van der Waals surface area (Å²) < 4.78 is 0. The van der Waals surface area contributed by atoms with Gasteiger partial charge >= 0.3 is 0 Å². The van der Waals surface area contributed by atoms with Gasteiger partial charge in [-0.3, -0.25) is 14.7 Å². The number of likely N-dealkylation sites (tertiary alicyclic amines) is 1. The molecule has 1 aliphatic heterocycles. The Morgan fingerprint density at radius 2 is 2.00 bits per heavy atom. The van der Waals surface area contributed by atoms with Crippen LogP contribution in [0.5, 0.6) is 0 Å². The van der Waals surface area contributed by atoms with Gasteiger partial charge in [-0.25, -0.2) is 4.98 Å². The molecule has 3 heterocycles. The van der Waals surface area contributed by atoms with Gasteiger partial charge in [0.15, 0.2) is 5.82 Å². The molecule has 132 valence electrons. The Morgan fingerprint density at radius 1 is 1.19 bits per heavy atom. The molecule has 0 spiro atoms. The van der Waals surface area contributed by atoms with Gasteiger partial charge < -0.3 is 9.88 Å². The first-order chi connectivity index (χ1) is 12.6. The van der Waals surface area contributed by atoms with Crippen molar-refractivity contribution in [3.63, 3.8) is 0 Å². The van der Waals surface area contributed by atoms with Gasteiger partial charge in [-0.05, 0) is 25.8 Å². The molecule has 3 aromatic rings. The molecule has 7 heteroatoms. The second-order valence-electron chi connectivity index (χ2n) is 6.43. The summed E-state index contributed by atoms with van der Waals surface area (Å²) in [5.74, 6) is 1.22. The standard InChI is InChI=1S/C19H19N5O2/c1-12-14(9-10-16(25)20-12)19(26)24-11-5-8-15(24)18-21-17(22-23-18)13-6-3-2-4-7-13/h2-4,6-7,9-10,15H,5,8,11H2,1H3,(H,20,25)(H,21,22,23)/t15-/m1/s1. The van der Waals surface area contributed by atoms with E-state index in [1.807, 2.05) is 30.3 Å². The summed E-state index contributed by atoms with van der Waals surface area (Å²) >= 11 is 0. The topological polar surface area (TPSA) is 94.7 Å². The number of rotatable bonds is 3. The highest BCUT2D eigenvalue weighted by Gasteiger charge is 2.33. The number of pyridine rings is 1. The zero-order valence-corrected chi connectivity index (χ0v) is 14.4. The number of nitrogens with zero attached hydrogens (tertiary/aromatic N) is 3. The minimum Gasteiger partial charge on any atom is -0.328 e. The second kappa shape index (κ2) is 6.59. The van der Waals surface area contributed by atoms with Crippen LogP contribution in [0.2, 0.25) is 0 Å². The van der Waals surface area contributed by atoms with Crippen LogP contribution in [0.4, 0.5) is 0 Å². The fraction of sp³-hybridized carbons (Fsp3) is 0.263. The van der Waals surface area contributed by atoms with Crippen LogP contribution in [0.15, 0.2) is 47.3 Å². The van der Waals surface area contributed by atoms with Crippen LogP contribution < -0.4 is 5.56 Å². The zero-order chi connectivity index (χ0) is 18.1. The molecule has 1 amide bonds. The summed E-state index contributed by atoms with van der Waals surface area (Å²) in [4.78, 5) is 33.5. The Morgan fingerprint density at radius 3 is 2.77 bits per heavy atom. The van der Waals surface area contributed by atoms with Crippen LogP contribution in [0.1, 0.15) is 40.8 Å². The summed E-state index contributed by atoms with van der Waals surface area (Å²) in [5.41, 5.74) is 1.82. The minimum atomic E-state index is -0.209. The van der Waals surface area contributed by atoms with Crippen molar-refractivity contribution >= 4 is 5.91 Å². The molecule has 0 saturated carbocycles. The fourth-order valence-electron chi connectivity index (χ4n) is 3.40. The first-order valence-corrected chi connectivity index (χ1v) is 8.62. The lowest BCUT2D eigenvalue weighted by Gasteiger charge is -2.23. The van der Waals surface area contributed by atoms with Crippen molar-refractivity contribution in [1.82, 2.24) is 25.1 Å². The number of H-pyrrole nitrogens is 2. The number of benzene rings is 1. The molecule has 0 radical (unpaired) electrons. The van der Waals surface area contributed by atoms with Gasteiger partial charge in [-0.1, -0.05) is 30.3 Å². The van der Waals surface area contributed by atoms with Crippen molar-refractivity contribution in [3.8, 4) is 11.4 Å². The van der Waals surface area contributed by atoms with Crippen LogP contribution in [0, 0.1) is 6.92 Å². The van der Waals surface area contributed by atoms with E-state index in [9.17, 15) is 9.59 Å². The number of carbonyl (C=O) groups excluding carboxylic acids is 1. The lowest BCUT2D eigenvalue weighted by molar-refractivity contribution is 0.0729. The van der Waals surface area contributed by atoms with E-state index in [1.54, 1.807) is 17.9 Å². The third kappa shape index (κ3) is 2.92. The minimum absolute atomic E-state index is 0.0982. The molecule has 1 aliphatic rings. The largest absolute Gasteiger partial charge is 0.328 e.